The summed E-state index contributed by atoms with van der Waals surface area (Å²) in [5.74, 6) is 0.864. The van der Waals surface area contributed by atoms with Crippen molar-refractivity contribution >= 4 is 34.5 Å². The van der Waals surface area contributed by atoms with Crippen molar-refractivity contribution < 1.29 is 19.1 Å². The Morgan fingerprint density at radius 2 is 1.95 bits per heavy atom. The molecular formula is C28H30N6O4. The summed E-state index contributed by atoms with van der Waals surface area (Å²) in [6.07, 6.45) is 1.64. The van der Waals surface area contributed by atoms with Gasteiger partial charge < -0.3 is 29.6 Å². The van der Waals surface area contributed by atoms with Crippen molar-refractivity contribution in [2.75, 3.05) is 59.2 Å². The highest BCUT2D eigenvalue weighted by atomic mass is 16.5. The van der Waals surface area contributed by atoms with Gasteiger partial charge in [0.15, 0.2) is 5.76 Å². The maximum Gasteiger partial charge on any atom is 0.318 e. The van der Waals surface area contributed by atoms with E-state index in [2.05, 4.69) is 33.6 Å². The number of allylic oxidation sites excluding steroid dienone is 1. The molecule has 0 aliphatic carbocycles. The fourth-order valence-electron chi connectivity index (χ4n) is 4.89. The van der Waals surface area contributed by atoms with Crippen molar-refractivity contribution in [2.24, 2.45) is 0 Å². The Hall–Kier alpha value is -4.33. The quantitative estimate of drug-likeness (QED) is 0.486. The monoisotopic (exact) mass is 514 g/mol. The molecule has 2 aliphatic rings. The molecule has 10 nitrogen and oxygen atoms in total. The second-order valence-corrected chi connectivity index (χ2v) is 9.41. The zero-order valence-corrected chi connectivity index (χ0v) is 21.7. The second kappa shape index (κ2) is 10.6. The number of carbonyl (C=O) groups is 2. The Morgan fingerprint density at radius 1 is 1.16 bits per heavy atom. The van der Waals surface area contributed by atoms with Crippen LogP contribution in [0.1, 0.15) is 21.6 Å². The Kier molecular flexibility index (Phi) is 7.05. The molecule has 5 rings (SSSR count). The summed E-state index contributed by atoms with van der Waals surface area (Å²) in [4.78, 5) is 29.7. The summed E-state index contributed by atoms with van der Waals surface area (Å²) in [5, 5.41) is 16.2. The number of carbonyl (C=O) groups excluding carboxylic acids is 2. The van der Waals surface area contributed by atoms with Gasteiger partial charge in [-0.1, -0.05) is 0 Å². The number of urea groups is 1. The van der Waals surface area contributed by atoms with Gasteiger partial charge in [0.1, 0.15) is 23.3 Å². The Morgan fingerprint density at radius 3 is 2.66 bits per heavy atom. The third-order valence-electron chi connectivity index (χ3n) is 7.08. The number of benzene rings is 2. The molecule has 196 valence electrons. The van der Waals surface area contributed by atoms with E-state index in [1.807, 2.05) is 22.8 Å². The van der Waals surface area contributed by atoms with Crippen molar-refractivity contribution in [1.29, 1.82) is 5.26 Å². The van der Waals surface area contributed by atoms with Crippen molar-refractivity contribution in [2.45, 2.75) is 6.54 Å². The van der Waals surface area contributed by atoms with Gasteiger partial charge >= 0.3 is 6.03 Å². The van der Waals surface area contributed by atoms with Gasteiger partial charge in [-0.05, 0) is 49.5 Å². The third-order valence-corrected chi connectivity index (χ3v) is 7.08. The van der Waals surface area contributed by atoms with E-state index < -0.39 is 0 Å². The molecule has 0 atom stereocenters. The van der Waals surface area contributed by atoms with Crippen LogP contribution >= 0.6 is 0 Å². The molecule has 10 heteroatoms. The number of nitrogens with zero attached hydrogens (tertiary/aromatic N) is 4. The van der Waals surface area contributed by atoms with Gasteiger partial charge in [0.2, 0.25) is 5.78 Å². The van der Waals surface area contributed by atoms with Crippen LogP contribution in [0, 0.1) is 11.3 Å². The number of fused-ring (bicyclic) bond motifs is 2. The molecule has 3 heterocycles. The largest absolute Gasteiger partial charge is 0.497 e. The maximum atomic E-state index is 13.3. The highest BCUT2D eigenvalue weighted by Crippen LogP contribution is 2.37. The second-order valence-electron chi connectivity index (χ2n) is 9.41. The fraction of sp³-hybridized carbons (Fsp3) is 0.321. The summed E-state index contributed by atoms with van der Waals surface area (Å²) in [6, 6.07) is 12.6. The zero-order valence-electron chi connectivity index (χ0n) is 21.7. The van der Waals surface area contributed by atoms with E-state index in [-0.39, 0.29) is 17.6 Å². The van der Waals surface area contributed by atoms with Gasteiger partial charge in [0.25, 0.3) is 0 Å². The van der Waals surface area contributed by atoms with E-state index in [0.29, 0.717) is 40.6 Å². The average molecular weight is 515 g/mol. The minimum atomic E-state index is -0.385. The van der Waals surface area contributed by atoms with E-state index in [1.54, 1.807) is 31.4 Å². The van der Waals surface area contributed by atoms with E-state index in [0.717, 1.165) is 43.6 Å². The third kappa shape index (κ3) is 4.81. The van der Waals surface area contributed by atoms with Gasteiger partial charge in [-0.3, -0.25) is 9.69 Å². The molecule has 2 aromatic carbocycles. The first-order valence-corrected chi connectivity index (χ1v) is 12.5. The van der Waals surface area contributed by atoms with Gasteiger partial charge in [-0.2, -0.15) is 5.26 Å². The van der Waals surface area contributed by atoms with Gasteiger partial charge in [-0.15, -0.1) is 0 Å². The highest BCUT2D eigenvalue weighted by Gasteiger charge is 2.29. The number of ketones is 1. The number of rotatable bonds is 6. The van der Waals surface area contributed by atoms with Crippen LogP contribution in [-0.4, -0.2) is 80.1 Å². The molecule has 2 aliphatic heterocycles. The molecule has 2 amide bonds. The van der Waals surface area contributed by atoms with E-state index in [1.165, 1.54) is 7.05 Å². The van der Waals surface area contributed by atoms with Crippen LogP contribution in [0.25, 0.3) is 17.0 Å². The molecule has 0 saturated carbocycles. The van der Waals surface area contributed by atoms with Crippen molar-refractivity contribution in [3.05, 3.63) is 59.0 Å². The van der Waals surface area contributed by atoms with Crippen LogP contribution in [0.2, 0.25) is 0 Å². The minimum absolute atomic E-state index is 0.120. The number of hydrogen-bond acceptors (Lipinski definition) is 7. The minimum Gasteiger partial charge on any atom is -0.497 e. The Bertz CT molecular complexity index is 1480. The molecular weight excluding hydrogens is 484 g/mol. The maximum absolute atomic E-state index is 13.3. The van der Waals surface area contributed by atoms with Gasteiger partial charge in [-0.25, -0.2) is 4.79 Å². The van der Waals surface area contributed by atoms with Crippen LogP contribution in [0.5, 0.6) is 11.5 Å². The first-order valence-electron chi connectivity index (χ1n) is 12.5. The van der Waals surface area contributed by atoms with Crippen LogP contribution in [-0.2, 0) is 6.54 Å². The molecule has 1 fully saturated rings. The number of nitrogens with one attached hydrogen (secondary N) is 2. The smallest absolute Gasteiger partial charge is 0.318 e. The van der Waals surface area contributed by atoms with Crippen LogP contribution in [0.4, 0.5) is 10.5 Å². The molecule has 0 spiro atoms. The predicted octanol–water partition coefficient (Wildman–Crippen LogP) is 3.14. The molecule has 38 heavy (non-hydrogen) atoms. The number of amides is 2. The Labute approximate surface area is 221 Å². The lowest BCUT2D eigenvalue weighted by Crippen LogP contribution is -2.45. The number of hydrogen-bond donors (Lipinski definition) is 2. The normalized spacial score (nSPS) is 16.8. The van der Waals surface area contributed by atoms with Gasteiger partial charge in [0.05, 0.1) is 12.7 Å². The van der Waals surface area contributed by atoms with E-state index >= 15 is 0 Å². The number of likely N-dealkylation sites (N-methyl/N-ethyl adjacent to an activating group) is 1. The lowest BCUT2D eigenvalue weighted by Gasteiger charge is -2.32. The number of Topliss-reactive ketones (excluding diaryl/α,β-unsaturated/α-hetero) is 1. The lowest BCUT2D eigenvalue weighted by molar-refractivity contribution is 0.101. The number of methoxy groups -OCH3 is 1. The summed E-state index contributed by atoms with van der Waals surface area (Å²) in [5.41, 5.74) is 2.79. The average Bonchev–Trinajstić information content (AvgIpc) is 3.41. The Balaban J connectivity index is 1.51. The summed E-state index contributed by atoms with van der Waals surface area (Å²) < 4.78 is 13.4. The number of anilines is 1. The standard InChI is InChI=1S/C28H30N6O4/c1-30-28(36)31-18-4-7-25-22(14-18)27(35)26(38-25)16-21-20-15-19(37-3)5-6-23(20)34(24(21)17-29)13-12-33-10-8-32(2)9-11-33/h4-7,14-16H,8-13H2,1-3H3,(H2,30,31,36)/b26-16-. The number of ether oxygens (including phenoxy) is 2. The van der Waals surface area contributed by atoms with Crippen molar-refractivity contribution in [3.63, 3.8) is 0 Å². The summed E-state index contributed by atoms with van der Waals surface area (Å²) >= 11 is 0. The molecule has 1 aromatic heterocycles. The first kappa shape index (κ1) is 25.3. The van der Waals surface area contributed by atoms with Crippen LogP contribution in [0.3, 0.4) is 0 Å². The molecule has 3 aromatic rings. The van der Waals surface area contributed by atoms with Crippen LogP contribution < -0.4 is 20.1 Å². The predicted molar refractivity (Wildman–Crippen MR) is 145 cm³/mol. The molecule has 0 bridgehead atoms. The zero-order chi connectivity index (χ0) is 26.8. The number of nitriles is 1. The number of aromatic nitrogens is 1. The molecule has 2 N–H and O–H groups in total. The van der Waals surface area contributed by atoms with Crippen LogP contribution in [0.15, 0.2) is 42.2 Å². The molecule has 0 unspecified atom stereocenters. The molecule has 0 radical (unpaired) electrons. The molecule has 1 saturated heterocycles. The first-order chi connectivity index (χ1) is 18.4. The summed E-state index contributed by atoms with van der Waals surface area (Å²) in [7, 11) is 5.24. The topological polar surface area (TPSA) is 112 Å². The van der Waals surface area contributed by atoms with Crippen molar-refractivity contribution in [3.8, 4) is 17.6 Å². The van der Waals surface area contributed by atoms with E-state index in [9.17, 15) is 14.9 Å². The fourth-order valence-corrected chi connectivity index (χ4v) is 4.89. The lowest BCUT2D eigenvalue weighted by atomic mass is 10.1. The van der Waals surface area contributed by atoms with Gasteiger partial charge in [0, 0.05) is 68.5 Å². The SMILES string of the molecule is CNC(=O)Nc1ccc2c(c1)C(=O)/C(=C/c1c(C#N)n(CCN3CCN(C)CC3)c3ccc(OC)cc13)O2. The van der Waals surface area contributed by atoms with Crippen molar-refractivity contribution in [1.82, 2.24) is 19.7 Å². The highest BCUT2D eigenvalue weighted by molar-refractivity contribution is 6.16. The van der Waals surface area contributed by atoms with E-state index in [4.69, 9.17) is 9.47 Å². The summed E-state index contributed by atoms with van der Waals surface area (Å²) in [6.45, 7) is 5.47. The number of piperazine rings is 1.